The van der Waals surface area contributed by atoms with E-state index in [2.05, 4.69) is 24.2 Å². The zero-order chi connectivity index (χ0) is 13.4. The summed E-state index contributed by atoms with van der Waals surface area (Å²) >= 11 is 6.26. The highest BCUT2D eigenvalue weighted by molar-refractivity contribution is 6.32. The average molecular weight is 275 g/mol. The molecule has 0 N–H and O–H groups in total. The maximum atomic E-state index is 11.2. The van der Waals surface area contributed by atoms with Crippen molar-refractivity contribution in [3.63, 3.8) is 0 Å². The summed E-state index contributed by atoms with van der Waals surface area (Å²) < 4.78 is 1.73. The molecule has 0 unspecified atom stereocenters. The van der Waals surface area contributed by atoms with Crippen LogP contribution >= 0.6 is 11.6 Å². The molecule has 1 fully saturated rings. The summed E-state index contributed by atoms with van der Waals surface area (Å²) in [5, 5.41) is 4.98. The molecule has 4 heteroatoms. The van der Waals surface area contributed by atoms with Crippen molar-refractivity contribution in [1.82, 2.24) is 9.78 Å². The van der Waals surface area contributed by atoms with Gasteiger partial charge in [0, 0.05) is 5.92 Å². The minimum Gasteiger partial charge on any atom is -0.298 e. The van der Waals surface area contributed by atoms with Crippen LogP contribution < -0.4 is 0 Å². The van der Waals surface area contributed by atoms with Gasteiger partial charge in [0.15, 0.2) is 6.29 Å². The van der Waals surface area contributed by atoms with E-state index in [0.29, 0.717) is 23.2 Å². The highest BCUT2D eigenvalue weighted by atomic mass is 35.5. The van der Waals surface area contributed by atoms with Crippen molar-refractivity contribution in [2.75, 3.05) is 0 Å². The van der Waals surface area contributed by atoms with E-state index in [1.807, 2.05) is 12.1 Å². The van der Waals surface area contributed by atoms with Crippen molar-refractivity contribution in [3.05, 3.63) is 51.8 Å². The Balaban J connectivity index is 1.94. The van der Waals surface area contributed by atoms with Crippen molar-refractivity contribution in [2.45, 2.75) is 32.2 Å². The summed E-state index contributed by atoms with van der Waals surface area (Å²) in [6, 6.07) is 8.23. The number of aryl methyl sites for hydroxylation is 1. The molecule has 3 nitrogen and oxygen atoms in total. The van der Waals surface area contributed by atoms with E-state index in [0.717, 1.165) is 30.4 Å². The SMILES string of the molecule is Cc1cccc(Cn2nc(C3CC3)c(C=O)c2Cl)c1. The number of carbonyl (C=O) groups excluding carboxylic acids is 1. The van der Waals surface area contributed by atoms with Crippen LogP contribution in [0.4, 0.5) is 0 Å². The Morgan fingerprint density at radius 1 is 1.47 bits per heavy atom. The molecule has 0 amide bonds. The van der Waals surface area contributed by atoms with Crippen LogP contribution in [-0.4, -0.2) is 16.1 Å². The number of rotatable bonds is 4. The molecular weight excluding hydrogens is 260 g/mol. The van der Waals surface area contributed by atoms with Crippen LogP contribution in [0.15, 0.2) is 24.3 Å². The highest BCUT2D eigenvalue weighted by Crippen LogP contribution is 2.42. The number of aromatic nitrogens is 2. The normalized spacial score (nSPS) is 14.6. The van der Waals surface area contributed by atoms with Crippen LogP contribution in [0.25, 0.3) is 0 Å². The molecule has 0 bridgehead atoms. The summed E-state index contributed by atoms with van der Waals surface area (Å²) in [4.78, 5) is 11.2. The van der Waals surface area contributed by atoms with E-state index in [9.17, 15) is 4.79 Å². The Morgan fingerprint density at radius 3 is 2.89 bits per heavy atom. The van der Waals surface area contributed by atoms with E-state index >= 15 is 0 Å². The summed E-state index contributed by atoms with van der Waals surface area (Å²) in [7, 11) is 0. The van der Waals surface area contributed by atoms with Gasteiger partial charge in [-0.2, -0.15) is 5.10 Å². The molecule has 0 atom stereocenters. The minimum absolute atomic E-state index is 0.427. The molecule has 1 saturated carbocycles. The number of carbonyl (C=O) groups is 1. The predicted octanol–water partition coefficient (Wildman–Crippen LogP) is 3.58. The first-order chi connectivity index (χ1) is 9.19. The molecule has 0 aliphatic heterocycles. The van der Waals surface area contributed by atoms with Crippen molar-refractivity contribution >= 4 is 17.9 Å². The molecule has 0 saturated heterocycles. The quantitative estimate of drug-likeness (QED) is 0.799. The number of hydrogen-bond acceptors (Lipinski definition) is 2. The van der Waals surface area contributed by atoms with Crippen LogP contribution in [0, 0.1) is 6.92 Å². The third-order valence-corrected chi connectivity index (χ3v) is 3.85. The summed E-state index contributed by atoms with van der Waals surface area (Å²) in [6.07, 6.45) is 3.05. The van der Waals surface area contributed by atoms with Gasteiger partial charge in [0.2, 0.25) is 0 Å². The lowest BCUT2D eigenvalue weighted by atomic mass is 10.1. The van der Waals surface area contributed by atoms with E-state index in [4.69, 9.17) is 11.6 Å². The smallest absolute Gasteiger partial charge is 0.155 e. The van der Waals surface area contributed by atoms with Gasteiger partial charge < -0.3 is 0 Å². The standard InChI is InChI=1S/C15H15ClN2O/c1-10-3-2-4-11(7-10)8-18-15(16)13(9-19)14(17-18)12-5-6-12/h2-4,7,9,12H,5-6,8H2,1H3. The number of benzene rings is 1. The third-order valence-electron chi connectivity index (χ3n) is 3.45. The van der Waals surface area contributed by atoms with Crippen molar-refractivity contribution in [3.8, 4) is 0 Å². The Labute approximate surface area is 117 Å². The summed E-state index contributed by atoms with van der Waals surface area (Å²) in [5.41, 5.74) is 3.78. The predicted molar refractivity (Wildman–Crippen MR) is 74.9 cm³/mol. The summed E-state index contributed by atoms with van der Waals surface area (Å²) in [6.45, 7) is 2.66. The second-order valence-electron chi connectivity index (χ2n) is 5.13. The first-order valence-corrected chi connectivity index (χ1v) is 6.83. The van der Waals surface area contributed by atoms with Gasteiger partial charge >= 0.3 is 0 Å². The number of hydrogen-bond donors (Lipinski definition) is 0. The minimum atomic E-state index is 0.427. The topological polar surface area (TPSA) is 34.9 Å². The van der Waals surface area contributed by atoms with Gasteiger partial charge in [-0.1, -0.05) is 41.4 Å². The molecule has 0 spiro atoms. The Bertz CT molecular complexity index is 629. The Morgan fingerprint density at radius 2 is 2.26 bits per heavy atom. The fraction of sp³-hybridized carbons (Fsp3) is 0.333. The lowest BCUT2D eigenvalue weighted by Crippen LogP contribution is -2.02. The largest absolute Gasteiger partial charge is 0.298 e. The molecule has 2 aromatic rings. The lowest BCUT2D eigenvalue weighted by molar-refractivity contribution is 0.112. The zero-order valence-corrected chi connectivity index (χ0v) is 11.5. The van der Waals surface area contributed by atoms with Gasteiger partial charge in [-0.3, -0.25) is 4.79 Å². The average Bonchev–Trinajstić information content (AvgIpc) is 3.17. The highest BCUT2D eigenvalue weighted by Gasteiger charge is 2.31. The molecule has 1 heterocycles. The van der Waals surface area contributed by atoms with Crippen LogP contribution in [0.1, 0.15) is 45.9 Å². The first-order valence-electron chi connectivity index (χ1n) is 6.46. The van der Waals surface area contributed by atoms with Gasteiger partial charge in [0.1, 0.15) is 5.15 Å². The second kappa shape index (κ2) is 4.82. The molecule has 3 rings (SSSR count). The Kier molecular flexibility index (Phi) is 3.15. The molecular formula is C15H15ClN2O. The van der Waals surface area contributed by atoms with E-state index in [1.54, 1.807) is 4.68 Å². The molecule has 1 aliphatic carbocycles. The van der Waals surface area contributed by atoms with Crippen molar-refractivity contribution < 1.29 is 4.79 Å². The number of halogens is 1. The van der Waals surface area contributed by atoms with Gasteiger partial charge in [0.05, 0.1) is 17.8 Å². The lowest BCUT2D eigenvalue weighted by Gasteiger charge is -2.04. The zero-order valence-electron chi connectivity index (χ0n) is 10.8. The van der Waals surface area contributed by atoms with Crippen LogP contribution in [-0.2, 0) is 6.54 Å². The van der Waals surface area contributed by atoms with Crippen LogP contribution in [0.3, 0.4) is 0 Å². The second-order valence-corrected chi connectivity index (χ2v) is 5.49. The van der Waals surface area contributed by atoms with Gasteiger partial charge in [-0.05, 0) is 25.3 Å². The maximum absolute atomic E-state index is 11.2. The molecule has 1 aromatic heterocycles. The fourth-order valence-corrected chi connectivity index (χ4v) is 2.57. The van der Waals surface area contributed by atoms with E-state index in [-0.39, 0.29) is 0 Å². The van der Waals surface area contributed by atoms with Gasteiger partial charge in [0.25, 0.3) is 0 Å². The van der Waals surface area contributed by atoms with E-state index in [1.165, 1.54) is 5.56 Å². The maximum Gasteiger partial charge on any atom is 0.155 e. The van der Waals surface area contributed by atoms with Crippen LogP contribution in [0.2, 0.25) is 5.15 Å². The van der Waals surface area contributed by atoms with Crippen molar-refractivity contribution in [1.29, 1.82) is 0 Å². The van der Waals surface area contributed by atoms with Crippen molar-refractivity contribution in [2.24, 2.45) is 0 Å². The molecule has 1 aromatic carbocycles. The first kappa shape index (κ1) is 12.4. The summed E-state index contributed by atoms with van der Waals surface area (Å²) in [5.74, 6) is 0.427. The third kappa shape index (κ3) is 2.43. The Hall–Kier alpha value is -1.61. The van der Waals surface area contributed by atoms with Gasteiger partial charge in [-0.15, -0.1) is 0 Å². The molecule has 1 aliphatic rings. The van der Waals surface area contributed by atoms with Gasteiger partial charge in [-0.25, -0.2) is 4.68 Å². The molecule has 19 heavy (non-hydrogen) atoms. The monoisotopic (exact) mass is 274 g/mol. The van der Waals surface area contributed by atoms with E-state index < -0.39 is 0 Å². The number of nitrogens with zero attached hydrogens (tertiary/aromatic N) is 2. The number of aldehydes is 1. The molecule has 0 radical (unpaired) electrons. The van der Waals surface area contributed by atoms with Crippen LogP contribution in [0.5, 0.6) is 0 Å². The fourth-order valence-electron chi connectivity index (χ4n) is 2.33. The molecule has 98 valence electrons.